The van der Waals surface area contributed by atoms with Crippen LogP contribution in [0.1, 0.15) is 23.7 Å². The summed E-state index contributed by atoms with van der Waals surface area (Å²) >= 11 is 0. The molecule has 0 aliphatic heterocycles. The van der Waals surface area contributed by atoms with Crippen molar-refractivity contribution in [2.45, 2.75) is 25.7 Å². The molecule has 1 heterocycles. The molecule has 0 radical (unpaired) electrons. The molecular weight excluding hydrogens is 283 g/mol. The van der Waals surface area contributed by atoms with E-state index in [-0.39, 0.29) is 0 Å². The summed E-state index contributed by atoms with van der Waals surface area (Å²) in [5, 5.41) is 3.09. The van der Waals surface area contributed by atoms with Crippen molar-refractivity contribution in [3.8, 4) is 22.0 Å². The third-order valence-corrected chi connectivity index (χ3v) is 5.85. The van der Waals surface area contributed by atoms with E-state index >= 15 is 0 Å². The van der Waals surface area contributed by atoms with Gasteiger partial charge in [-0.05, 0) is 59.3 Å². The van der Waals surface area contributed by atoms with Crippen molar-refractivity contribution in [2.75, 3.05) is 0 Å². The van der Waals surface area contributed by atoms with E-state index in [4.69, 9.17) is 0 Å². The normalized spacial score (nSPS) is 14.0. The zero-order valence-corrected chi connectivity index (χ0v) is 13.5. The van der Waals surface area contributed by atoms with Gasteiger partial charge in [-0.3, -0.25) is 0 Å². The predicted octanol–water partition coefficient (Wildman–Crippen LogP) is 6.48. The second kappa shape index (κ2) is 6.07. The summed E-state index contributed by atoms with van der Waals surface area (Å²) in [6, 6.07) is 24.1. The van der Waals surface area contributed by atoms with Gasteiger partial charge in [0.1, 0.15) is 0 Å². The van der Waals surface area contributed by atoms with Crippen molar-refractivity contribution < 1.29 is 0 Å². The van der Waals surface area contributed by atoms with Gasteiger partial charge in [0, 0.05) is 5.30 Å². The van der Waals surface area contributed by atoms with Crippen LogP contribution < -0.4 is 0 Å². The molecule has 1 aromatic heterocycles. The van der Waals surface area contributed by atoms with Gasteiger partial charge in [0.2, 0.25) is 0 Å². The predicted molar refractivity (Wildman–Crippen MR) is 96.5 cm³/mol. The minimum Gasteiger partial charge on any atom is -0.0639 e. The highest BCUT2D eigenvalue weighted by Gasteiger charge is 2.16. The average Bonchev–Trinajstić information content (AvgIpc) is 2.62. The van der Waals surface area contributed by atoms with E-state index < -0.39 is 0 Å². The van der Waals surface area contributed by atoms with Crippen LogP contribution in [0.25, 0.3) is 22.0 Å². The van der Waals surface area contributed by atoms with Crippen LogP contribution in [0.3, 0.4) is 0 Å². The molecule has 0 nitrogen and oxygen atoms in total. The first-order valence-corrected chi connectivity index (χ1v) is 8.95. The highest BCUT2D eigenvalue weighted by molar-refractivity contribution is 7.34. The van der Waals surface area contributed by atoms with Crippen molar-refractivity contribution in [1.82, 2.24) is 0 Å². The maximum atomic E-state index is 2.43. The Hall–Kier alpha value is -1.91. The Morgan fingerprint density at radius 3 is 2.05 bits per heavy atom. The molecule has 0 amide bonds. The molecule has 0 N–H and O–H groups in total. The van der Waals surface area contributed by atoms with Crippen molar-refractivity contribution in [3.63, 3.8) is 0 Å². The summed E-state index contributed by atoms with van der Waals surface area (Å²) in [6.07, 6.45) is 5.18. The second-order valence-corrected chi connectivity index (χ2v) is 7.16. The van der Waals surface area contributed by atoms with Gasteiger partial charge in [-0.15, -0.1) is 0 Å². The van der Waals surface area contributed by atoms with E-state index in [2.05, 4.69) is 66.7 Å². The van der Waals surface area contributed by atoms with E-state index in [1.165, 1.54) is 55.9 Å². The Balaban J connectivity index is 1.92. The maximum Gasteiger partial charge on any atom is 0.00992 e. The van der Waals surface area contributed by atoms with Crippen LogP contribution in [-0.2, 0) is 12.8 Å². The van der Waals surface area contributed by atoms with Crippen LogP contribution in [0.15, 0.2) is 66.7 Å². The van der Waals surface area contributed by atoms with Crippen LogP contribution in [-0.4, -0.2) is 0 Å². The van der Waals surface area contributed by atoms with Gasteiger partial charge >= 0.3 is 0 Å². The summed E-state index contributed by atoms with van der Waals surface area (Å²) in [5.74, 6) is 0. The molecule has 4 rings (SSSR count). The number of benzene rings is 2. The molecule has 0 bridgehead atoms. The first kappa shape index (κ1) is 13.7. The topological polar surface area (TPSA) is 0 Å². The van der Waals surface area contributed by atoms with Crippen LogP contribution in [0, 0.1) is 0 Å². The Kier molecular flexibility index (Phi) is 3.79. The summed E-state index contributed by atoms with van der Waals surface area (Å²) in [5.41, 5.74) is 5.78. The van der Waals surface area contributed by atoms with E-state index in [1.807, 2.05) is 0 Å². The monoisotopic (exact) mass is 302 g/mol. The fraction of sp³-hybridized carbons (Fsp3) is 0.190. The molecule has 0 spiro atoms. The fourth-order valence-corrected chi connectivity index (χ4v) is 4.74. The molecule has 1 heteroatoms. The van der Waals surface area contributed by atoms with Gasteiger partial charge in [-0.2, -0.15) is 0 Å². The van der Waals surface area contributed by atoms with Gasteiger partial charge in [0.05, 0.1) is 0 Å². The third-order valence-electron chi connectivity index (χ3n) is 4.45. The molecule has 0 atom stereocenters. The smallest absolute Gasteiger partial charge is 0.00992 e. The molecule has 2 aromatic carbocycles. The molecule has 1 aliphatic carbocycles. The number of hydrogen-bond acceptors (Lipinski definition) is 0. The highest BCUT2D eigenvalue weighted by atomic mass is 31.0. The zero-order chi connectivity index (χ0) is 14.8. The lowest BCUT2D eigenvalue weighted by Crippen LogP contribution is -2.03. The zero-order valence-electron chi connectivity index (χ0n) is 12.6. The van der Waals surface area contributed by atoms with Crippen molar-refractivity contribution >= 4 is 8.19 Å². The summed E-state index contributed by atoms with van der Waals surface area (Å²) in [4.78, 5) is 0. The van der Waals surface area contributed by atoms with Crippen molar-refractivity contribution in [1.29, 1.82) is 0 Å². The maximum absolute atomic E-state index is 2.43. The van der Waals surface area contributed by atoms with E-state index in [1.54, 1.807) is 10.9 Å². The van der Waals surface area contributed by atoms with Gasteiger partial charge < -0.3 is 0 Å². The van der Waals surface area contributed by atoms with Gasteiger partial charge in [-0.25, -0.2) is 0 Å². The van der Waals surface area contributed by atoms with Crippen LogP contribution >= 0.6 is 8.19 Å². The van der Waals surface area contributed by atoms with E-state index in [0.717, 1.165) is 0 Å². The van der Waals surface area contributed by atoms with Crippen molar-refractivity contribution in [2.24, 2.45) is 0 Å². The molecule has 0 saturated carbocycles. The largest absolute Gasteiger partial charge is 0.0639 e. The van der Waals surface area contributed by atoms with Crippen LogP contribution in [0.4, 0.5) is 0 Å². The van der Waals surface area contributed by atoms with Gasteiger partial charge in [0.15, 0.2) is 0 Å². The third kappa shape index (κ3) is 2.60. The first-order chi connectivity index (χ1) is 10.9. The Morgan fingerprint density at radius 2 is 1.32 bits per heavy atom. The minimum absolute atomic E-state index is 1.24. The number of fused-ring (bicyclic) bond motifs is 1. The average molecular weight is 302 g/mol. The van der Waals surface area contributed by atoms with Gasteiger partial charge in [0.25, 0.3) is 0 Å². The molecule has 3 aromatic rings. The lowest BCUT2D eigenvalue weighted by Gasteiger charge is -2.21. The molecular formula is C21H19P. The Labute approximate surface area is 133 Å². The quantitative estimate of drug-likeness (QED) is 0.508. The molecule has 108 valence electrons. The van der Waals surface area contributed by atoms with Crippen LogP contribution in [0.2, 0.25) is 0 Å². The first-order valence-electron chi connectivity index (χ1n) is 8.05. The van der Waals surface area contributed by atoms with Crippen LogP contribution in [0.5, 0.6) is 0 Å². The summed E-state index contributed by atoms with van der Waals surface area (Å²) in [6.45, 7) is 0. The fourth-order valence-electron chi connectivity index (χ4n) is 3.34. The van der Waals surface area contributed by atoms with E-state index in [9.17, 15) is 0 Å². The highest BCUT2D eigenvalue weighted by Crippen LogP contribution is 2.42. The molecule has 1 aliphatic rings. The molecule has 0 saturated heterocycles. The lowest BCUT2D eigenvalue weighted by atomic mass is 9.91. The Bertz CT molecular complexity index is 776. The number of rotatable bonds is 2. The van der Waals surface area contributed by atoms with E-state index in [0.29, 0.717) is 0 Å². The lowest BCUT2D eigenvalue weighted by molar-refractivity contribution is 0.696. The summed E-state index contributed by atoms with van der Waals surface area (Å²) in [7, 11) is 1.42. The molecule has 0 fully saturated rings. The molecule has 0 unspecified atom stereocenters. The number of hydrogen-bond donors (Lipinski definition) is 0. The van der Waals surface area contributed by atoms with Gasteiger partial charge in [-0.1, -0.05) is 68.9 Å². The summed E-state index contributed by atoms with van der Waals surface area (Å²) < 4.78 is 0. The standard InChI is InChI=1S/C21H19P/c1-3-9-16(10-4-1)19-15-21(17-11-5-2-6-12-17)22-20-14-8-7-13-18(19)20/h1-6,9-12,15H,7-8,13-14H2. The number of aryl methyl sites for hydroxylation is 1. The SMILES string of the molecule is c1ccc(-c2cc(-c3ccccc3)c3c(p2)CCCC3)cc1. The molecule has 22 heavy (non-hydrogen) atoms. The minimum atomic E-state index is 1.24. The second-order valence-electron chi connectivity index (χ2n) is 5.92. The Morgan fingerprint density at radius 1 is 0.682 bits per heavy atom. The van der Waals surface area contributed by atoms with Crippen molar-refractivity contribution in [3.05, 3.63) is 77.6 Å².